The standard InChI is InChI=1S/C14H18ClNO3/c15-10-5-6-13(18)12(9-10)14(19)16(7-2-8-17)11-3-1-4-11/h5-6,9,11,17-18H,1-4,7-8H2. The topological polar surface area (TPSA) is 60.8 Å². The Kier molecular flexibility index (Phi) is 4.66. The van der Waals surface area contributed by atoms with Crippen molar-refractivity contribution in [2.75, 3.05) is 13.2 Å². The fourth-order valence-electron chi connectivity index (χ4n) is 2.22. The molecule has 4 nitrogen and oxygen atoms in total. The van der Waals surface area contributed by atoms with Gasteiger partial charge in [0.15, 0.2) is 0 Å². The molecule has 2 N–H and O–H groups in total. The van der Waals surface area contributed by atoms with Crippen LogP contribution in [0.2, 0.25) is 5.02 Å². The highest BCUT2D eigenvalue weighted by Gasteiger charge is 2.30. The molecule has 5 heteroatoms. The molecular weight excluding hydrogens is 266 g/mol. The Morgan fingerprint density at radius 3 is 2.74 bits per heavy atom. The summed E-state index contributed by atoms with van der Waals surface area (Å²) in [6.07, 6.45) is 3.63. The molecule has 1 aromatic carbocycles. The Balaban J connectivity index is 2.19. The second-order valence-electron chi connectivity index (χ2n) is 4.82. The van der Waals surface area contributed by atoms with Crippen molar-refractivity contribution in [1.82, 2.24) is 4.90 Å². The molecule has 0 aliphatic heterocycles. The van der Waals surface area contributed by atoms with Crippen molar-refractivity contribution >= 4 is 17.5 Å². The van der Waals surface area contributed by atoms with Gasteiger partial charge in [-0.2, -0.15) is 0 Å². The molecule has 0 saturated heterocycles. The van der Waals surface area contributed by atoms with Crippen LogP contribution in [0.4, 0.5) is 0 Å². The molecule has 2 rings (SSSR count). The fourth-order valence-corrected chi connectivity index (χ4v) is 2.40. The number of hydrogen-bond donors (Lipinski definition) is 2. The minimum atomic E-state index is -0.210. The van der Waals surface area contributed by atoms with E-state index >= 15 is 0 Å². The van der Waals surface area contributed by atoms with Gasteiger partial charge in [-0.15, -0.1) is 0 Å². The van der Waals surface area contributed by atoms with Crippen LogP contribution in [0.1, 0.15) is 36.0 Å². The minimum Gasteiger partial charge on any atom is -0.507 e. The lowest BCUT2D eigenvalue weighted by molar-refractivity contribution is 0.0559. The molecular formula is C14H18ClNO3. The summed E-state index contributed by atoms with van der Waals surface area (Å²) in [6.45, 7) is 0.560. The molecule has 19 heavy (non-hydrogen) atoms. The molecule has 0 heterocycles. The first-order chi connectivity index (χ1) is 9.13. The number of benzene rings is 1. The molecule has 0 aromatic heterocycles. The quantitative estimate of drug-likeness (QED) is 0.872. The van der Waals surface area contributed by atoms with Gasteiger partial charge in [-0.05, 0) is 43.9 Å². The second kappa shape index (κ2) is 6.26. The number of amides is 1. The maximum absolute atomic E-state index is 12.5. The van der Waals surface area contributed by atoms with Crippen LogP contribution in [0.15, 0.2) is 18.2 Å². The predicted octanol–water partition coefficient (Wildman–Crippen LogP) is 2.42. The zero-order chi connectivity index (χ0) is 13.8. The van der Waals surface area contributed by atoms with E-state index in [4.69, 9.17) is 16.7 Å². The average Bonchev–Trinajstić information content (AvgIpc) is 2.34. The number of nitrogens with zero attached hydrogens (tertiary/aromatic N) is 1. The molecule has 0 atom stereocenters. The monoisotopic (exact) mass is 283 g/mol. The number of aliphatic hydroxyl groups is 1. The molecule has 1 aliphatic carbocycles. The molecule has 0 spiro atoms. The van der Waals surface area contributed by atoms with Crippen LogP contribution in [-0.4, -0.2) is 40.2 Å². The molecule has 1 saturated carbocycles. The van der Waals surface area contributed by atoms with E-state index in [9.17, 15) is 9.90 Å². The summed E-state index contributed by atoms with van der Waals surface area (Å²) in [5.41, 5.74) is 0.234. The number of halogens is 1. The number of carbonyl (C=O) groups excluding carboxylic acids is 1. The van der Waals surface area contributed by atoms with Crippen molar-refractivity contribution in [3.8, 4) is 5.75 Å². The summed E-state index contributed by atoms with van der Waals surface area (Å²) in [4.78, 5) is 14.2. The van der Waals surface area contributed by atoms with Crippen LogP contribution < -0.4 is 0 Å². The summed E-state index contributed by atoms with van der Waals surface area (Å²) < 4.78 is 0. The Morgan fingerprint density at radius 1 is 1.42 bits per heavy atom. The summed E-state index contributed by atoms with van der Waals surface area (Å²) in [6, 6.07) is 4.69. The van der Waals surface area contributed by atoms with E-state index in [1.54, 1.807) is 11.0 Å². The number of hydrogen-bond acceptors (Lipinski definition) is 3. The molecule has 104 valence electrons. The number of phenolic OH excluding ortho intramolecular Hbond substituents is 1. The first-order valence-electron chi connectivity index (χ1n) is 6.54. The normalized spacial score (nSPS) is 15.1. The van der Waals surface area contributed by atoms with Gasteiger partial charge in [0.05, 0.1) is 5.56 Å². The van der Waals surface area contributed by atoms with Gasteiger partial charge in [-0.3, -0.25) is 4.79 Å². The Bertz CT molecular complexity index is 460. The first-order valence-corrected chi connectivity index (χ1v) is 6.91. The van der Waals surface area contributed by atoms with E-state index in [1.165, 1.54) is 12.1 Å². The van der Waals surface area contributed by atoms with Gasteiger partial charge in [0, 0.05) is 24.2 Å². The smallest absolute Gasteiger partial charge is 0.257 e. The van der Waals surface area contributed by atoms with Gasteiger partial charge < -0.3 is 15.1 Å². The second-order valence-corrected chi connectivity index (χ2v) is 5.26. The first kappa shape index (κ1) is 14.2. The summed E-state index contributed by atoms with van der Waals surface area (Å²) >= 11 is 5.88. The van der Waals surface area contributed by atoms with Crippen LogP contribution in [0, 0.1) is 0 Å². The van der Waals surface area contributed by atoms with Crippen molar-refractivity contribution in [3.05, 3.63) is 28.8 Å². The third-order valence-electron chi connectivity index (χ3n) is 3.52. The number of phenols is 1. The molecule has 1 aliphatic rings. The van der Waals surface area contributed by atoms with Gasteiger partial charge in [-0.25, -0.2) is 0 Å². The molecule has 0 bridgehead atoms. The van der Waals surface area contributed by atoms with E-state index in [2.05, 4.69) is 0 Å². The molecule has 1 fully saturated rings. The van der Waals surface area contributed by atoms with Crippen LogP contribution in [-0.2, 0) is 0 Å². The van der Waals surface area contributed by atoms with Crippen molar-refractivity contribution in [2.45, 2.75) is 31.7 Å². The Labute approximate surface area is 117 Å². The van der Waals surface area contributed by atoms with E-state index in [1.807, 2.05) is 0 Å². The van der Waals surface area contributed by atoms with Crippen molar-refractivity contribution in [2.24, 2.45) is 0 Å². The average molecular weight is 284 g/mol. The SMILES string of the molecule is O=C(c1cc(Cl)ccc1O)N(CCCO)C1CCC1. The van der Waals surface area contributed by atoms with Crippen molar-refractivity contribution < 1.29 is 15.0 Å². The maximum Gasteiger partial charge on any atom is 0.257 e. The lowest BCUT2D eigenvalue weighted by atomic mass is 9.90. The number of rotatable bonds is 5. The molecule has 1 amide bonds. The number of carbonyl (C=O) groups is 1. The largest absolute Gasteiger partial charge is 0.507 e. The summed E-state index contributed by atoms with van der Waals surface area (Å²) in [7, 11) is 0. The van der Waals surface area contributed by atoms with Crippen LogP contribution in [0.3, 0.4) is 0 Å². The predicted molar refractivity (Wildman–Crippen MR) is 73.5 cm³/mol. The molecule has 0 unspecified atom stereocenters. The minimum absolute atomic E-state index is 0.0530. The number of aromatic hydroxyl groups is 1. The van der Waals surface area contributed by atoms with Gasteiger partial charge in [0.2, 0.25) is 0 Å². The van der Waals surface area contributed by atoms with Gasteiger partial charge in [0.1, 0.15) is 5.75 Å². The van der Waals surface area contributed by atoms with Crippen LogP contribution >= 0.6 is 11.6 Å². The highest BCUT2D eigenvalue weighted by atomic mass is 35.5. The molecule has 0 radical (unpaired) electrons. The third kappa shape index (κ3) is 3.19. The Hall–Kier alpha value is -1.26. The lowest BCUT2D eigenvalue weighted by Gasteiger charge is -2.37. The van der Waals surface area contributed by atoms with E-state index < -0.39 is 0 Å². The van der Waals surface area contributed by atoms with Gasteiger partial charge >= 0.3 is 0 Å². The van der Waals surface area contributed by atoms with Crippen molar-refractivity contribution in [1.29, 1.82) is 0 Å². The van der Waals surface area contributed by atoms with E-state index in [0.717, 1.165) is 19.3 Å². The van der Waals surface area contributed by atoms with Gasteiger partial charge in [-0.1, -0.05) is 11.6 Å². The Morgan fingerprint density at radius 2 is 2.16 bits per heavy atom. The highest BCUT2D eigenvalue weighted by molar-refractivity contribution is 6.31. The van der Waals surface area contributed by atoms with Crippen LogP contribution in [0.5, 0.6) is 5.75 Å². The summed E-state index contributed by atoms with van der Waals surface area (Å²) in [5, 5.41) is 19.2. The maximum atomic E-state index is 12.5. The van der Waals surface area contributed by atoms with Gasteiger partial charge in [0.25, 0.3) is 5.91 Å². The van der Waals surface area contributed by atoms with E-state index in [-0.39, 0.29) is 29.9 Å². The third-order valence-corrected chi connectivity index (χ3v) is 3.76. The van der Waals surface area contributed by atoms with E-state index in [0.29, 0.717) is 18.0 Å². The molecule has 1 aromatic rings. The zero-order valence-electron chi connectivity index (χ0n) is 10.7. The lowest BCUT2D eigenvalue weighted by Crippen LogP contribution is -2.45. The highest BCUT2D eigenvalue weighted by Crippen LogP contribution is 2.29. The summed E-state index contributed by atoms with van der Waals surface area (Å²) in [5.74, 6) is -0.263. The van der Waals surface area contributed by atoms with Crippen LogP contribution in [0.25, 0.3) is 0 Å². The zero-order valence-corrected chi connectivity index (χ0v) is 11.4. The fraction of sp³-hybridized carbons (Fsp3) is 0.500. The number of aliphatic hydroxyl groups excluding tert-OH is 1. The van der Waals surface area contributed by atoms with Crippen molar-refractivity contribution in [3.63, 3.8) is 0 Å².